The zero-order valence-corrected chi connectivity index (χ0v) is 44.2. The van der Waals surface area contributed by atoms with Gasteiger partial charge in [-0.2, -0.15) is 0 Å². The third kappa shape index (κ3) is 8.45. The van der Waals surface area contributed by atoms with Gasteiger partial charge in [0.05, 0.1) is 55.2 Å². The first-order valence-corrected chi connectivity index (χ1v) is 25.1. The lowest BCUT2D eigenvalue weighted by Crippen LogP contribution is -3.14. The zero-order chi connectivity index (χ0) is 55.1. The number of aliphatic hydroxyl groups is 6. The summed E-state index contributed by atoms with van der Waals surface area (Å²) in [4.78, 5) is 13.4. The van der Waals surface area contributed by atoms with Crippen molar-refractivity contribution in [3.05, 3.63) is 45.0 Å². The fourth-order valence-corrected chi connectivity index (χ4v) is 13.0. The van der Waals surface area contributed by atoms with Crippen LogP contribution in [0.2, 0.25) is 0 Å². The number of ether oxygens (including phenoxy) is 11. The van der Waals surface area contributed by atoms with E-state index in [4.69, 9.17) is 52.1 Å². The summed E-state index contributed by atoms with van der Waals surface area (Å²) < 4.78 is 68.0. The molecule has 3 aromatic rings. The average Bonchev–Trinajstić information content (AvgIpc) is 3.31. The van der Waals surface area contributed by atoms with E-state index in [0.717, 1.165) is 0 Å². The second-order valence-corrected chi connectivity index (χ2v) is 22.6. The number of fused-ring (bicyclic) bond motifs is 8. The second-order valence-electron chi connectivity index (χ2n) is 22.6. The third-order valence-corrected chi connectivity index (χ3v) is 17.1. The Bertz CT molecular complexity index is 2690. The maximum atomic E-state index is 13.2. The number of nitrogens with one attached hydrogen (secondary N) is 1. The molecule has 10 N–H and O–H groups in total. The lowest BCUT2D eigenvalue weighted by atomic mass is 9.75. The molecule has 4 fully saturated rings. The smallest absolute Gasteiger partial charge is 0.252 e. The maximum absolute atomic E-state index is 13.2. The minimum atomic E-state index is -1.93. The molecule has 75 heavy (non-hydrogen) atoms. The van der Waals surface area contributed by atoms with Gasteiger partial charge in [-0.1, -0.05) is 6.07 Å². The van der Waals surface area contributed by atoms with Gasteiger partial charge in [-0.25, -0.2) is 0 Å². The number of aromatic hydroxyl groups is 3. The van der Waals surface area contributed by atoms with Gasteiger partial charge in [0.25, 0.3) is 5.54 Å². The maximum Gasteiger partial charge on any atom is 0.252 e. The van der Waals surface area contributed by atoms with E-state index in [2.05, 4.69) is 0 Å². The zero-order valence-electron chi connectivity index (χ0n) is 44.2. The predicted octanol–water partition coefficient (Wildman–Crippen LogP) is 0.0116. The van der Waals surface area contributed by atoms with Crippen molar-refractivity contribution in [2.24, 2.45) is 0 Å². The van der Waals surface area contributed by atoms with Crippen LogP contribution < -0.4 is 9.64 Å². The summed E-state index contributed by atoms with van der Waals surface area (Å²) in [6.45, 7) is 11.9. The van der Waals surface area contributed by atoms with Crippen molar-refractivity contribution in [3.8, 4) is 23.0 Å². The molecule has 0 radical (unpaired) electrons. The van der Waals surface area contributed by atoms with E-state index in [0.29, 0.717) is 10.5 Å². The first kappa shape index (κ1) is 55.8. The largest absolute Gasteiger partial charge is 0.507 e. The number of phenols is 3. The number of phenolic OH excluding ortho intramolecular Hbond substituents is 3. The summed E-state index contributed by atoms with van der Waals surface area (Å²) in [6.07, 6.45) is -20.8. The number of nitrogens with zero attached hydrogens (tertiary/aromatic N) is 1. The molecule has 5 aliphatic heterocycles. The molecule has 9 rings (SSSR count). The number of benzene rings is 3. The highest BCUT2D eigenvalue weighted by Crippen LogP contribution is 2.58. The van der Waals surface area contributed by atoms with Crippen LogP contribution in [0.25, 0.3) is 21.5 Å². The van der Waals surface area contributed by atoms with E-state index in [1.165, 1.54) is 75.0 Å². The molecular weight excluding hydrogens is 993 g/mol. The average molecular weight is 1070 g/mol. The van der Waals surface area contributed by atoms with E-state index < -0.39 is 161 Å². The second kappa shape index (κ2) is 19.2. The van der Waals surface area contributed by atoms with Crippen LogP contribution in [-0.4, -0.2) is 207 Å². The summed E-state index contributed by atoms with van der Waals surface area (Å²) in [5.74, 6) is -1.57. The van der Waals surface area contributed by atoms with E-state index in [9.17, 15) is 56.1 Å². The number of quaternary nitrogens is 1. The minimum Gasteiger partial charge on any atom is -0.507 e. The lowest BCUT2D eigenvalue weighted by Gasteiger charge is -2.54. The highest BCUT2D eigenvalue weighted by Gasteiger charge is 2.65. The third-order valence-electron chi connectivity index (χ3n) is 17.1. The van der Waals surface area contributed by atoms with Crippen LogP contribution in [0.4, 0.5) is 0 Å². The van der Waals surface area contributed by atoms with E-state index in [1.807, 2.05) is 0 Å². The molecule has 4 saturated heterocycles. The Balaban J connectivity index is 1.12. The van der Waals surface area contributed by atoms with Gasteiger partial charge in [0.15, 0.2) is 31.1 Å². The standard InChI is InChI=1S/C51H72N2O22/c1-19-37(58)49(6,61)42(66-12)45(69-19)73-36-27-22(17-48(5,60)41(36)65-11)16-24-28(32(27)55)33(56)29-23(31(24)54)14-15-25-35(29)72-44-34(57)30(52(9)10)40(51(25,8)75-44)71-26-18-47(4,53(63)64)39(21(3)68-26)74-46-43(67-13)50(7,62)38(59)20(2)70-46/h14-16,19-21,26,30,34,36-46,54-62H,17-18H2,1-13H3/p+1/t19-,20-,21+,26-,30-,34-,36+,37-,38-,39+,40-,41-,42-,43+,44+,45-,46-,47-,48-,49+,50+,51+/m1/s1. The monoisotopic (exact) mass is 1070 g/mol. The number of hydrogen-bond acceptors (Lipinski definition) is 22. The first-order chi connectivity index (χ1) is 34.9. The van der Waals surface area contributed by atoms with Crippen molar-refractivity contribution in [3.63, 3.8) is 0 Å². The number of aliphatic hydroxyl groups excluding tert-OH is 3. The number of methoxy groups -OCH3 is 3. The number of nitro groups is 1. The van der Waals surface area contributed by atoms with Crippen LogP contribution in [0.3, 0.4) is 0 Å². The molecule has 0 spiro atoms. The molecule has 0 aromatic heterocycles. The Morgan fingerprint density at radius 3 is 1.83 bits per heavy atom. The van der Waals surface area contributed by atoms with Crippen molar-refractivity contribution in [1.29, 1.82) is 0 Å². The number of likely N-dealkylation sites (N-methyl/N-ethyl adjacent to an activating group) is 1. The Labute approximate surface area is 432 Å². The van der Waals surface area contributed by atoms with Gasteiger partial charge >= 0.3 is 0 Å². The topological polar surface area (TPSA) is 331 Å². The minimum absolute atomic E-state index is 0.00840. The van der Waals surface area contributed by atoms with Crippen LogP contribution in [0.15, 0.2) is 18.2 Å². The normalized spacial score (nSPS) is 44.8. The summed E-state index contributed by atoms with van der Waals surface area (Å²) >= 11 is 0. The van der Waals surface area contributed by atoms with Gasteiger partial charge < -0.3 is 103 Å². The quantitative estimate of drug-likeness (QED) is 0.0523. The molecule has 5 heterocycles. The molecule has 22 atom stereocenters. The summed E-state index contributed by atoms with van der Waals surface area (Å²) in [7, 11) is 7.48. The Morgan fingerprint density at radius 1 is 0.707 bits per heavy atom. The molecule has 3 aromatic carbocycles. The SMILES string of the molecule is CO[C@@H]1[C@@H](O[C@H]2c3c(cc4c(O)c5ccc6c(c5c(O)c4c3O)O[C@H]3O[C@]6(C)[C@H](O[C@@H]4C[C@@](C)([N+](=O)[O-])[C@@H](O[C@H]5O[C@H](C)[C@@H](O)[C@](C)(O)[C@H]5OC)[C@H](C)O4)[C@H]([NH+](C)C)[C@H]3O)C[C@@](C)(O)[C@@H]2OC)O[C@H](C)[C@@H](O)[C@]1(C)O. The first-order valence-electron chi connectivity index (χ1n) is 25.1. The predicted molar refractivity (Wildman–Crippen MR) is 258 cm³/mol. The molecule has 1 aliphatic carbocycles. The van der Waals surface area contributed by atoms with Gasteiger partial charge in [0, 0.05) is 61.5 Å². The van der Waals surface area contributed by atoms with Crippen molar-refractivity contribution in [1.82, 2.24) is 0 Å². The summed E-state index contributed by atoms with van der Waals surface area (Å²) in [6, 6.07) is 3.79. The fourth-order valence-electron chi connectivity index (χ4n) is 13.0. The van der Waals surface area contributed by atoms with Gasteiger partial charge in [0.2, 0.25) is 6.29 Å². The Kier molecular flexibility index (Phi) is 14.3. The molecule has 418 valence electrons. The molecule has 24 nitrogen and oxygen atoms in total. The van der Waals surface area contributed by atoms with E-state index >= 15 is 0 Å². The number of rotatable bonds is 11. The van der Waals surface area contributed by atoms with Crippen LogP contribution in [0, 0.1) is 10.1 Å². The van der Waals surface area contributed by atoms with E-state index in [1.54, 1.807) is 34.0 Å². The highest BCUT2D eigenvalue weighted by molar-refractivity contribution is 6.15. The molecule has 0 amide bonds. The van der Waals surface area contributed by atoms with Gasteiger partial charge in [-0.05, 0) is 66.2 Å². The van der Waals surface area contributed by atoms with E-state index in [-0.39, 0.29) is 44.8 Å². The molecule has 0 unspecified atom stereocenters. The summed E-state index contributed by atoms with van der Waals surface area (Å²) in [5, 5.41) is 119. The van der Waals surface area contributed by atoms with Gasteiger partial charge in [-0.3, -0.25) is 10.1 Å². The van der Waals surface area contributed by atoms with Gasteiger partial charge in [-0.15, -0.1) is 0 Å². The summed E-state index contributed by atoms with van der Waals surface area (Å²) in [5.41, 5.74) is -8.30. The highest BCUT2D eigenvalue weighted by atomic mass is 16.8. The molecule has 6 aliphatic rings. The Morgan fingerprint density at radius 2 is 1.28 bits per heavy atom. The van der Waals surface area contributed by atoms with Crippen molar-refractivity contribution in [2.75, 3.05) is 35.4 Å². The molecule has 2 bridgehead atoms. The van der Waals surface area contributed by atoms with Crippen LogP contribution in [-0.2, 0) is 59.4 Å². The molecule has 0 saturated carbocycles. The van der Waals surface area contributed by atoms with Crippen LogP contribution in [0.1, 0.15) is 84.6 Å². The molecule has 24 heteroatoms. The van der Waals surface area contributed by atoms with Crippen LogP contribution >= 0.6 is 0 Å². The Hall–Kier alpha value is -3.90. The van der Waals surface area contributed by atoms with Crippen molar-refractivity contribution in [2.45, 2.75) is 201 Å². The van der Waals surface area contributed by atoms with Crippen molar-refractivity contribution >= 4 is 21.5 Å². The van der Waals surface area contributed by atoms with Gasteiger partial charge in [0.1, 0.15) is 88.6 Å². The van der Waals surface area contributed by atoms with Crippen LogP contribution in [0.5, 0.6) is 23.0 Å². The van der Waals surface area contributed by atoms with Crippen molar-refractivity contribution < 1.29 is 108 Å². The lowest BCUT2D eigenvalue weighted by molar-refractivity contribution is -0.899. The fraction of sp³-hybridized carbons (Fsp3) is 0.725. The molecular formula is C51H73N2O22+. The number of hydrogen-bond donors (Lipinski definition) is 10.